The molecule has 0 N–H and O–H groups in total. The minimum atomic E-state index is 0.326. The van der Waals surface area contributed by atoms with Crippen LogP contribution in [-0.4, -0.2) is 33.5 Å². The van der Waals surface area contributed by atoms with Gasteiger partial charge in [0.05, 0.1) is 19.0 Å². The van der Waals surface area contributed by atoms with Gasteiger partial charge in [-0.1, -0.05) is 12.5 Å². The number of rotatable bonds is 3. The second-order valence-corrected chi connectivity index (χ2v) is 8.11. The van der Waals surface area contributed by atoms with Crippen LogP contribution in [0.1, 0.15) is 45.4 Å². The zero-order valence-electron chi connectivity index (χ0n) is 14.8. The van der Waals surface area contributed by atoms with Crippen LogP contribution in [0.15, 0.2) is 23.0 Å². The lowest BCUT2D eigenvalue weighted by atomic mass is 9.55. The Balaban J connectivity index is 1.72. The fourth-order valence-electron chi connectivity index (χ4n) is 6.11. The molecular weight excluding hydrogens is 288 g/mol. The Labute approximate surface area is 140 Å². The van der Waals surface area contributed by atoms with E-state index in [4.69, 9.17) is 14.2 Å². The highest BCUT2D eigenvalue weighted by molar-refractivity contribution is 5.43. The predicted molar refractivity (Wildman–Crippen MR) is 90.0 cm³/mol. The summed E-state index contributed by atoms with van der Waals surface area (Å²) in [5.74, 6) is 2.09. The van der Waals surface area contributed by atoms with Crippen LogP contribution in [0, 0.1) is 23.2 Å². The molecule has 3 heteroatoms. The van der Waals surface area contributed by atoms with Gasteiger partial charge in [-0.15, -0.1) is 0 Å². The van der Waals surface area contributed by atoms with Gasteiger partial charge in [-0.05, 0) is 54.1 Å². The molecule has 0 spiro atoms. The summed E-state index contributed by atoms with van der Waals surface area (Å²) in [5.41, 5.74) is 5.16. The van der Waals surface area contributed by atoms with Crippen LogP contribution < -0.4 is 0 Å². The summed E-state index contributed by atoms with van der Waals surface area (Å²) < 4.78 is 17.1. The molecule has 0 aromatic heterocycles. The van der Waals surface area contributed by atoms with Gasteiger partial charge in [0.25, 0.3) is 0 Å². The molecule has 0 saturated heterocycles. The van der Waals surface area contributed by atoms with Crippen molar-refractivity contribution in [2.75, 3.05) is 27.4 Å². The molecule has 2 fully saturated rings. The highest BCUT2D eigenvalue weighted by Crippen LogP contribution is 2.62. The molecule has 3 aliphatic carbocycles. The first-order chi connectivity index (χ1) is 11.2. The molecule has 5 atom stereocenters. The van der Waals surface area contributed by atoms with E-state index in [1.807, 2.05) is 20.5 Å². The summed E-state index contributed by atoms with van der Waals surface area (Å²) in [6, 6.07) is 0. The average Bonchev–Trinajstić information content (AvgIpc) is 2.91. The Hall–Kier alpha value is -0.800. The summed E-state index contributed by atoms with van der Waals surface area (Å²) in [7, 11) is 3.75. The zero-order valence-corrected chi connectivity index (χ0v) is 14.8. The second kappa shape index (κ2) is 5.93. The maximum absolute atomic E-state index is 6.00. The van der Waals surface area contributed by atoms with E-state index in [9.17, 15) is 0 Å². The molecule has 3 nitrogen and oxygen atoms in total. The summed E-state index contributed by atoms with van der Waals surface area (Å²) >= 11 is 0. The summed E-state index contributed by atoms with van der Waals surface area (Å²) in [5, 5.41) is 0. The second-order valence-electron chi connectivity index (χ2n) is 8.11. The minimum absolute atomic E-state index is 0.326. The maximum atomic E-state index is 6.00. The maximum Gasteiger partial charge on any atom is 0.0913 e. The lowest BCUT2D eigenvalue weighted by Gasteiger charge is -2.51. The fraction of sp³-hybridized carbons (Fsp3) is 0.800. The van der Waals surface area contributed by atoms with E-state index >= 15 is 0 Å². The van der Waals surface area contributed by atoms with Gasteiger partial charge in [-0.2, -0.15) is 0 Å². The monoisotopic (exact) mass is 318 g/mol. The predicted octanol–water partition coefficient (Wildman–Crippen LogP) is 4.09. The average molecular weight is 318 g/mol. The van der Waals surface area contributed by atoms with Crippen molar-refractivity contribution in [3.8, 4) is 0 Å². The van der Waals surface area contributed by atoms with Crippen molar-refractivity contribution in [2.24, 2.45) is 23.2 Å². The highest BCUT2D eigenvalue weighted by atomic mass is 16.5. The van der Waals surface area contributed by atoms with Crippen LogP contribution >= 0.6 is 0 Å². The van der Waals surface area contributed by atoms with Gasteiger partial charge in [0.15, 0.2) is 0 Å². The Morgan fingerprint density at radius 1 is 1.26 bits per heavy atom. The SMILES string of the molecule is COC[C@@H]1CC[C@H]2[C@H]3C(=C4CCOC=C4C[C@@H]3OC)CC[C@]12C. The van der Waals surface area contributed by atoms with Gasteiger partial charge in [0.2, 0.25) is 0 Å². The fourth-order valence-corrected chi connectivity index (χ4v) is 6.11. The number of hydrogen-bond donors (Lipinski definition) is 0. The lowest BCUT2D eigenvalue weighted by Crippen LogP contribution is -2.46. The molecule has 4 rings (SSSR count). The molecule has 2 saturated carbocycles. The highest BCUT2D eigenvalue weighted by Gasteiger charge is 2.55. The molecule has 0 aromatic carbocycles. The van der Waals surface area contributed by atoms with Crippen molar-refractivity contribution < 1.29 is 14.2 Å². The van der Waals surface area contributed by atoms with Crippen molar-refractivity contribution >= 4 is 0 Å². The third-order valence-corrected chi connectivity index (χ3v) is 7.34. The van der Waals surface area contributed by atoms with Crippen LogP contribution in [0.3, 0.4) is 0 Å². The Morgan fingerprint density at radius 2 is 2.13 bits per heavy atom. The van der Waals surface area contributed by atoms with Crippen molar-refractivity contribution in [3.63, 3.8) is 0 Å². The quantitative estimate of drug-likeness (QED) is 0.784. The van der Waals surface area contributed by atoms with Gasteiger partial charge in [0, 0.05) is 39.6 Å². The topological polar surface area (TPSA) is 27.7 Å². The van der Waals surface area contributed by atoms with Gasteiger partial charge in [0.1, 0.15) is 0 Å². The molecule has 0 amide bonds. The van der Waals surface area contributed by atoms with Gasteiger partial charge in [-0.25, -0.2) is 0 Å². The van der Waals surface area contributed by atoms with E-state index in [-0.39, 0.29) is 0 Å². The van der Waals surface area contributed by atoms with E-state index in [1.54, 1.807) is 11.1 Å². The van der Waals surface area contributed by atoms with Crippen LogP contribution in [0.25, 0.3) is 0 Å². The van der Waals surface area contributed by atoms with E-state index in [2.05, 4.69) is 6.92 Å². The molecule has 4 aliphatic rings. The Kier molecular flexibility index (Phi) is 4.05. The van der Waals surface area contributed by atoms with Crippen LogP contribution in [-0.2, 0) is 14.2 Å². The molecule has 128 valence electrons. The molecule has 1 aliphatic heterocycles. The molecule has 0 aromatic rings. The van der Waals surface area contributed by atoms with Gasteiger partial charge >= 0.3 is 0 Å². The lowest BCUT2D eigenvalue weighted by molar-refractivity contribution is -0.0288. The van der Waals surface area contributed by atoms with Gasteiger partial charge < -0.3 is 14.2 Å². The third kappa shape index (κ3) is 2.31. The number of fused-ring (bicyclic) bond motifs is 4. The molecule has 0 unspecified atom stereocenters. The van der Waals surface area contributed by atoms with Crippen molar-refractivity contribution in [1.82, 2.24) is 0 Å². The van der Waals surface area contributed by atoms with Gasteiger partial charge in [-0.3, -0.25) is 0 Å². The summed E-state index contributed by atoms with van der Waals surface area (Å²) in [6.45, 7) is 4.29. The van der Waals surface area contributed by atoms with E-state index in [0.717, 1.165) is 32.0 Å². The Morgan fingerprint density at radius 3 is 2.91 bits per heavy atom. The smallest absolute Gasteiger partial charge is 0.0913 e. The normalized spacial score (nSPS) is 42.5. The minimum Gasteiger partial charge on any atom is -0.501 e. The van der Waals surface area contributed by atoms with Crippen molar-refractivity contribution in [1.29, 1.82) is 0 Å². The standard InChI is InChI=1S/C20H30O3/c1-20-8-6-16-15-7-9-23-11-13(15)10-18(22-3)19(16)17(20)5-4-14(20)12-21-2/h11,14,17-19H,4-10,12H2,1-3H3/t14-,17-,18-,19+,20+/m0/s1. The van der Waals surface area contributed by atoms with E-state index in [0.29, 0.717) is 23.4 Å². The molecular formula is C20H30O3. The van der Waals surface area contributed by atoms with Crippen LogP contribution in [0.5, 0.6) is 0 Å². The van der Waals surface area contributed by atoms with E-state index < -0.39 is 0 Å². The first kappa shape index (κ1) is 15.7. The molecule has 23 heavy (non-hydrogen) atoms. The molecule has 0 bridgehead atoms. The van der Waals surface area contributed by atoms with E-state index in [1.165, 1.54) is 31.3 Å². The van der Waals surface area contributed by atoms with Crippen LogP contribution in [0.2, 0.25) is 0 Å². The molecule has 1 heterocycles. The van der Waals surface area contributed by atoms with Crippen molar-refractivity contribution in [3.05, 3.63) is 23.0 Å². The molecule has 0 radical (unpaired) electrons. The number of methoxy groups -OCH3 is 2. The van der Waals surface area contributed by atoms with Crippen LogP contribution in [0.4, 0.5) is 0 Å². The zero-order chi connectivity index (χ0) is 16.0. The largest absolute Gasteiger partial charge is 0.501 e. The summed E-state index contributed by atoms with van der Waals surface area (Å²) in [6.07, 6.45) is 9.66. The summed E-state index contributed by atoms with van der Waals surface area (Å²) in [4.78, 5) is 0. The van der Waals surface area contributed by atoms with Crippen molar-refractivity contribution in [2.45, 2.75) is 51.6 Å². The third-order valence-electron chi connectivity index (χ3n) is 7.34. The first-order valence-corrected chi connectivity index (χ1v) is 9.23. The first-order valence-electron chi connectivity index (χ1n) is 9.23. The number of hydrogen-bond acceptors (Lipinski definition) is 3. The Bertz CT molecular complexity index is 535. The number of ether oxygens (including phenoxy) is 3.